The molecule has 0 saturated heterocycles. The van der Waals surface area contributed by atoms with Gasteiger partial charge in [-0.2, -0.15) is 0 Å². The highest BCUT2D eigenvalue weighted by Gasteiger charge is 2.15. The Bertz CT molecular complexity index is 949. The summed E-state index contributed by atoms with van der Waals surface area (Å²) >= 11 is 1.39. The van der Waals surface area contributed by atoms with E-state index in [1.807, 2.05) is 42.6 Å². The van der Waals surface area contributed by atoms with Gasteiger partial charge in [-0.15, -0.1) is 11.3 Å². The Balaban J connectivity index is 1.59. The largest absolute Gasteiger partial charge is 0.360 e. The molecule has 0 fully saturated rings. The second-order valence-corrected chi connectivity index (χ2v) is 8.06. The zero-order chi connectivity index (χ0) is 20.8. The minimum absolute atomic E-state index is 0.0883. The van der Waals surface area contributed by atoms with Crippen molar-refractivity contribution in [2.45, 2.75) is 26.8 Å². The summed E-state index contributed by atoms with van der Waals surface area (Å²) in [5, 5.41) is 7.64. The Morgan fingerprint density at radius 3 is 2.10 bits per heavy atom. The summed E-state index contributed by atoms with van der Waals surface area (Å²) in [6.07, 6.45) is 0. The van der Waals surface area contributed by atoms with Crippen LogP contribution in [-0.2, 0) is 4.79 Å². The number of hydrogen-bond donors (Lipinski definition) is 2. The van der Waals surface area contributed by atoms with Gasteiger partial charge in [-0.25, -0.2) is 0 Å². The standard InChI is InChI=1S/C23H25N3O2S/c1-16(2)26(20-12-6-17(3)7-13-20)15-22(27)24-18-8-10-19(11-9-18)25-23(28)21-5-4-14-29-21/h4-14,16H,15H2,1-3H3,(H,24,27)(H,25,28). The normalized spacial score (nSPS) is 10.6. The number of benzene rings is 2. The van der Waals surface area contributed by atoms with E-state index in [1.54, 1.807) is 30.3 Å². The highest BCUT2D eigenvalue weighted by molar-refractivity contribution is 7.12. The molecule has 0 saturated carbocycles. The van der Waals surface area contributed by atoms with Crippen LogP contribution >= 0.6 is 11.3 Å². The Labute approximate surface area is 175 Å². The molecule has 3 aromatic rings. The van der Waals surface area contributed by atoms with Crippen LogP contribution in [0.5, 0.6) is 0 Å². The molecule has 1 aromatic heterocycles. The van der Waals surface area contributed by atoms with Crippen molar-refractivity contribution in [3.8, 4) is 0 Å². The van der Waals surface area contributed by atoms with Crippen molar-refractivity contribution < 1.29 is 9.59 Å². The predicted molar refractivity (Wildman–Crippen MR) is 121 cm³/mol. The molecule has 0 aliphatic rings. The van der Waals surface area contributed by atoms with E-state index >= 15 is 0 Å². The number of carbonyl (C=O) groups excluding carboxylic acids is 2. The lowest BCUT2D eigenvalue weighted by atomic mass is 10.2. The van der Waals surface area contributed by atoms with E-state index in [0.717, 1.165) is 5.69 Å². The van der Waals surface area contributed by atoms with E-state index in [-0.39, 0.29) is 24.4 Å². The van der Waals surface area contributed by atoms with Gasteiger partial charge in [0, 0.05) is 23.1 Å². The van der Waals surface area contributed by atoms with Crippen LogP contribution in [0.1, 0.15) is 29.1 Å². The molecule has 5 nitrogen and oxygen atoms in total. The molecule has 2 N–H and O–H groups in total. The van der Waals surface area contributed by atoms with Crippen molar-refractivity contribution in [1.29, 1.82) is 0 Å². The van der Waals surface area contributed by atoms with Gasteiger partial charge in [0.1, 0.15) is 0 Å². The molecule has 0 bridgehead atoms. The number of anilines is 3. The van der Waals surface area contributed by atoms with Crippen molar-refractivity contribution in [1.82, 2.24) is 0 Å². The number of thiophene rings is 1. The van der Waals surface area contributed by atoms with Crippen LogP contribution in [0.4, 0.5) is 17.1 Å². The number of amides is 2. The molecule has 29 heavy (non-hydrogen) atoms. The van der Waals surface area contributed by atoms with Crippen LogP contribution in [0.2, 0.25) is 0 Å². The van der Waals surface area contributed by atoms with E-state index in [9.17, 15) is 9.59 Å². The van der Waals surface area contributed by atoms with E-state index in [0.29, 0.717) is 16.3 Å². The van der Waals surface area contributed by atoms with Crippen molar-refractivity contribution >= 4 is 40.2 Å². The van der Waals surface area contributed by atoms with Crippen LogP contribution in [0, 0.1) is 6.92 Å². The third-order valence-electron chi connectivity index (χ3n) is 4.47. The summed E-state index contributed by atoms with van der Waals surface area (Å²) < 4.78 is 0. The third-order valence-corrected chi connectivity index (χ3v) is 5.34. The average Bonchev–Trinajstić information content (AvgIpc) is 3.23. The second-order valence-electron chi connectivity index (χ2n) is 7.11. The van der Waals surface area contributed by atoms with Gasteiger partial charge in [0.05, 0.1) is 11.4 Å². The zero-order valence-electron chi connectivity index (χ0n) is 16.8. The maximum atomic E-state index is 12.6. The van der Waals surface area contributed by atoms with E-state index in [2.05, 4.69) is 29.4 Å². The summed E-state index contributed by atoms with van der Waals surface area (Å²) in [5.41, 5.74) is 3.59. The number of nitrogens with zero attached hydrogens (tertiary/aromatic N) is 1. The topological polar surface area (TPSA) is 61.4 Å². The lowest BCUT2D eigenvalue weighted by molar-refractivity contribution is -0.115. The average molecular weight is 408 g/mol. The number of nitrogens with one attached hydrogen (secondary N) is 2. The summed E-state index contributed by atoms with van der Waals surface area (Å²) in [6.45, 7) is 6.44. The van der Waals surface area contributed by atoms with Gasteiger partial charge < -0.3 is 15.5 Å². The van der Waals surface area contributed by atoms with Crippen LogP contribution in [-0.4, -0.2) is 24.4 Å². The lowest BCUT2D eigenvalue weighted by Crippen LogP contribution is -2.38. The molecule has 0 aliphatic carbocycles. The molecule has 0 unspecified atom stereocenters. The van der Waals surface area contributed by atoms with Crippen LogP contribution in [0.15, 0.2) is 66.0 Å². The molecule has 0 aliphatic heterocycles. The quantitative estimate of drug-likeness (QED) is 0.568. The summed E-state index contributed by atoms with van der Waals surface area (Å²) in [6, 6.07) is 19.1. The first kappa shape index (κ1) is 20.6. The van der Waals surface area contributed by atoms with Crippen LogP contribution in [0.25, 0.3) is 0 Å². The Morgan fingerprint density at radius 1 is 0.931 bits per heavy atom. The van der Waals surface area contributed by atoms with Gasteiger partial charge in [-0.05, 0) is 68.6 Å². The number of carbonyl (C=O) groups is 2. The third kappa shape index (κ3) is 5.68. The molecule has 2 aromatic carbocycles. The van der Waals surface area contributed by atoms with E-state index in [1.165, 1.54) is 16.9 Å². The van der Waals surface area contributed by atoms with Gasteiger partial charge in [0.15, 0.2) is 0 Å². The number of hydrogen-bond acceptors (Lipinski definition) is 4. The van der Waals surface area contributed by atoms with E-state index in [4.69, 9.17) is 0 Å². The fourth-order valence-corrected chi connectivity index (χ4v) is 3.52. The molecule has 0 radical (unpaired) electrons. The molecule has 0 spiro atoms. The highest BCUT2D eigenvalue weighted by atomic mass is 32.1. The predicted octanol–water partition coefficient (Wildman–Crippen LogP) is 5.16. The first-order valence-electron chi connectivity index (χ1n) is 9.50. The van der Waals surface area contributed by atoms with E-state index < -0.39 is 0 Å². The van der Waals surface area contributed by atoms with Crippen molar-refractivity contribution in [2.24, 2.45) is 0 Å². The minimum Gasteiger partial charge on any atom is -0.360 e. The first-order valence-corrected chi connectivity index (χ1v) is 10.4. The highest BCUT2D eigenvalue weighted by Crippen LogP contribution is 2.19. The Morgan fingerprint density at radius 2 is 1.55 bits per heavy atom. The Hall–Kier alpha value is -3.12. The zero-order valence-corrected chi connectivity index (χ0v) is 17.6. The molecular formula is C23H25N3O2S. The van der Waals surface area contributed by atoms with Crippen LogP contribution in [0.3, 0.4) is 0 Å². The summed E-state index contributed by atoms with van der Waals surface area (Å²) in [4.78, 5) is 27.4. The number of aryl methyl sites for hydroxylation is 1. The maximum absolute atomic E-state index is 12.6. The van der Waals surface area contributed by atoms with Gasteiger partial charge in [-0.3, -0.25) is 9.59 Å². The first-order chi connectivity index (χ1) is 13.9. The van der Waals surface area contributed by atoms with Gasteiger partial charge in [0.25, 0.3) is 5.91 Å². The summed E-state index contributed by atoms with van der Waals surface area (Å²) in [7, 11) is 0. The lowest BCUT2D eigenvalue weighted by Gasteiger charge is -2.28. The Kier molecular flexibility index (Phi) is 6.67. The maximum Gasteiger partial charge on any atom is 0.265 e. The van der Waals surface area contributed by atoms with Crippen LogP contribution < -0.4 is 15.5 Å². The smallest absolute Gasteiger partial charge is 0.265 e. The van der Waals surface area contributed by atoms with Crippen molar-refractivity contribution in [3.05, 3.63) is 76.5 Å². The molecule has 1 heterocycles. The SMILES string of the molecule is Cc1ccc(N(CC(=O)Nc2ccc(NC(=O)c3cccs3)cc2)C(C)C)cc1. The number of rotatable bonds is 7. The minimum atomic E-state index is -0.137. The molecule has 2 amide bonds. The second kappa shape index (κ2) is 9.39. The monoisotopic (exact) mass is 407 g/mol. The van der Waals surface area contributed by atoms with Gasteiger partial charge in [-0.1, -0.05) is 23.8 Å². The molecule has 150 valence electrons. The van der Waals surface area contributed by atoms with Crippen molar-refractivity contribution in [3.63, 3.8) is 0 Å². The molecule has 6 heteroatoms. The fourth-order valence-electron chi connectivity index (χ4n) is 2.90. The van der Waals surface area contributed by atoms with Gasteiger partial charge in [0.2, 0.25) is 5.91 Å². The molecule has 0 atom stereocenters. The summed E-state index contributed by atoms with van der Waals surface area (Å²) in [5.74, 6) is -0.225. The molecular weight excluding hydrogens is 382 g/mol. The van der Waals surface area contributed by atoms with Crippen molar-refractivity contribution in [2.75, 3.05) is 22.1 Å². The van der Waals surface area contributed by atoms with Gasteiger partial charge >= 0.3 is 0 Å². The fraction of sp³-hybridized carbons (Fsp3) is 0.217. The molecule has 3 rings (SSSR count).